The van der Waals surface area contributed by atoms with Gasteiger partial charge in [-0.15, -0.1) is 0 Å². The average molecular weight is 324 g/mol. The Kier molecular flexibility index (Phi) is 2.27. The van der Waals surface area contributed by atoms with Crippen LogP contribution in [0.4, 0.5) is 0 Å². The SMILES string of the molecule is Cc1ccc(C)c2c1C1CC23C=CC=C[C@]32c3c(C)ccc(C)c3[C@H]12. The van der Waals surface area contributed by atoms with Gasteiger partial charge in [0.15, 0.2) is 0 Å². The number of hydrogen-bond donors (Lipinski definition) is 0. The van der Waals surface area contributed by atoms with E-state index in [1.165, 1.54) is 28.7 Å². The Hall–Kier alpha value is -2.08. The molecule has 0 amide bonds. The highest BCUT2D eigenvalue weighted by molar-refractivity contribution is 5.76. The molecular weight excluding hydrogens is 300 g/mol. The minimum absolute atomic E-state index is 0.175. The molecule has 0 aliphatic heterocycles. The predicted molar refractivity (Wildman–Crippen MR) is 104 cm³/mol. The molecule has 0 nitrogen and oxygen atoms in total. The molecule has 0 N–H and O–H groups in total. The maximum Gasteiger partial charge on any atom is 0.0347 e. The summed E-state index contributed by atoms with van der Waals surface area (Å²) < 4.78 is 0. The lowest BCUT2D eigenvalue weighted by molar-refractivity contribution is 0.288. The number of rotatable bonds is 0. The predicted octanol–water partition coefficient (Wildman–Crippen LogP) is 5.82. The smallest absolute Gasteiger partial charge is 0.0347 e. The molecule has 0 aromatic heterocycles. The van der Waals surface area contributed by atoms with Crippen LogP contribution in [0.2, 0.25) is 0 Å². The van der Waals surface area contributed by atoms with E-state index in [4.69, 9.17) is 0 Å². The van der Waals surface area contributed by atoms with Gasteiger partial charge in [-0.25, -0.2) is 0 Å². The van der Waals surface area contributed by atoms with E-state index in [0.29, 0.717) is 11.8 Å². The van der Waals surface area contributed by atoms with Crippen LogP contribution in [0.5, 0.6) is 0 Å². The molecule has 0 radical (unpaired) electrons. The third kappa shape index (κ3) is 1.21. The third-order valence-corrected chi connectivity index (χ3v) is 7.91. The van der Waals surface area contributed by atoms with E-state index in [2.05, 4.69) is 76.3 Å². The van der Waals surface area contributed by atoms with Crippen molar-refractivity contribution in [3.8, 4) is 0 Å². The summed E-state index contributed by atoms with van der Waals surface area (Å²) in [5.74, 6) is 1.34. The highest BCUT2D eigenvalue weighted by Gasteiger charge is 2.74. The Morgan fingerprint density at radius 1 is 0.720 bits per heavy atom. The Morgan fingerprint density at radius 3 is 2.08 bits per heavy atom. The monoisotopic (exact) mass is 324 g/mol. The molecule has 4 aliphatic carbocycles. The Balaban J connectivity index is 1.78. The summed E-state index contributed by atoms with van der Waals surface area (Å²) >= 11 is 0. The molecule has 2 bridgehead atoms. The molecule has 25 heavy (non-hydrogen) atoms. The molecule has 2 aromatic rings. The van der Waals surface area contributed by atoms with Crippen molar-refractivity contribution >= 4 is 0 Å². The van der Waals surface area contributed by atoms with Crippen molar-refractivity contribution in [1.29, 1.82) is 0 Å². The van der Waals surface area contributed by atoms with Crippen molar-refractivity contribution in [3.05, 3.63) is 93.1 Å². The molecule has 4 atom stereocenters. The zero-order valence-corrected chi connectivity index (χ0v) is 15.5. The van der Waals surface area contributed by atoms with Gasteiger partial charge in [0.25, 0.3) is 0 Å². The summed E-state index contributed by atoms with van der Waals surface area (Å²) in [4.78, 5) is 0. The van der Waals surface area contributed by atoms with Crippen LogP contribution >= 0.6 is 0 Å². The molecular formula is C25H24. The van der Waals surface area contributed by atoms with E-state index in [1.807, 2.05) is 0 Å². The molecule has 2 aromatic carbocycles. The van der Waals surface area contributed by atoms with Gasteiger partial charge in [0, 0.05) is 16.7 Å². The summed E-state index contributed by atoms with van der Waals surface area (Å²) in [6.45, 7) is 9.28. The Morgan fingerprint density at radius 2 is 1.32 bits per heavy atom. The maximum atomic E-state index is 2.57. The van der Waals surface area contributed by atoms with Crippen LogP contribution in [0.15, 0.2) is 48.6 Å². The Bertz CT molecular complexity index is 1020. The molecule has 6 rings (SSSR count). The first-order valence-corrected chi connectivity index (χ1v) is 9.61. The maximum absolute atomic E-state index is 2.57. The summed E-state index contributed by atoms with van der Waals surface area (Å²) in [6.07, 6.45) is 11.0. The molecule has 124 valence electrons. The molecule has 2 spiro atoms. The summed E-state index contributed by atoms with van der Waals surface area (Å²) in [5.41, 5.74) is 13.0. The van der Waals surface area contributed by atoms with Crippen molar-refractivity contribution in [1.82, 2.24) is 0 Å². The minimum Gasteiger partial charge on any atom is -0.0727 e. The van der Waals surface area contributed by atoms with Gasteiger partial charge < -0.3 is 0 Å². The lowest BCUT2D eigenvalue weighted by atomic mass is 9.42. The molecule has 1 saturated carbocycles. The van der Waals surface area contributed by atoms with Crippen molar-refractivity contribution < 1.29 is 0 Å². The Labute approximate surface area is 150 Å². The lowest BCUT2D eigenvalue weighted by Crippen LogP contribution is -2.55. The van der Waals surface area contributed by atoms with Gasteiger partial charge in [-0.1, -0.05) is 48.6 Å². The van der Waals surface area contributed by atoms with Gasteiger partial charge in [0.05, 0.1) is 0 Å². The second-order valence-electron chi connectivity index (χ2n) is 8.82. The van der Waals surface area contributed by atoms with Crippen LogP contribution in [0.25, 0.3) is 0 Å². The van der Waals surface area contributed by atoms with Crippen LogP contribution < -0.4 is 0 Å². The van der Waals surface area contributed by atoms with Crippen LogP contribution in [0.1, 0.15) is 62.8 Å². The van der Waals surface area contributed by atoms with E-state index in [1.54, 1.807) is 22.3 Å². The molecule has 0 heteroatoms. The van der Waals surface area contributed by atoms with Gasteiger partial charge in [-0.3, -0.25) is 0 Å². The fraction of sp³-hybridized carbons (Fsp3) is 0.360. The molecule has 0 saturated heterocycles. The van der Waals surface area contributed by atoms with Gasteiger partial charge >= 0.3 is 0 Å². The molecule has 2 unspecified atom stereocenters. The summed E-state index contributed by atoms with van der Waals surface area (Å²) in [7, 11) is 0. The zero-order valence-electron chi connectivity index (χ0n) is 15.5. The van der Waals surface area contributed by atoms with E-state index in [-0.39, 0.29) is 10.8 Å². The van der Waals surface area contributed by atoms with E-state index in [0.717, 1.165) is 0 Å². The van der Waals surface area contributed by atoms with E-state index >= 15 is 0 Å². The molecule has 0 heterocycles. The van der Waals surface area contributed by atoms with Gasteiger partial charge in [-0.2, -0.15) is 0 Å². The van der Waals surface area contributed by atoms with Crippen molar-refractivity contribution in [2.24, 2.45) is 0 Å². The van der Waals surface area contributed by atoms with Crippen molar-refractivity contribution in [3.63, 3.8) is 0 Å². The van der Waals surface area contributed by atoms with Crippen LogP contribution in [-0.4, -0.2) is 0 Å². The minimum atomic E-state index is 0.175. The third-order valence-electron chi connectivity index (χ3n) is 7.91. The summed E-state index contributed by atoms with van der Waals surface area (Å²) in [5, 5.41) is 0. The van der Waals surface area contributed by atoms with Gasteiger partial charge in [0.2, 0.25) is 0 Å². The molecule has 4 aliphatic rings. The van der Waals surface area contributed by atoms with Crippen molar-refractivity contribution in [2.75, 3.05) is 0 Å². The first-order chi connectivity index (χ1) is 12.0. The largest absolute Gasteiger partial charge is 0.0727 e. The van der Waals surface area contributed by atoms with Crippen LogP contribution in [-0.2, 0) is 10.8 Å². The topological polar surface area (TPSA) is 0 Å². The fourth-order valence-electron chi connectivity index (χ4n) is 7.27. The van der Waals surface area contributed by atoms with Gasteiger partial charge in [-0.05, 0) is 84.5 Å². The van der Waals surface area contributed by atoms with E-state index in [9.17, 15) is 0 Å². The number of allylic oxidation sites excluding steroid dienone is 4. The van der Waals surface area contributed by atoms with Crippen LogP contribution in [0, 0.1) is 27.7 Å². The lowest BCUT2D eigenvalue weighted by Gasteiger charge is -2.60. The first kappa shape index (κ1) is 14.1. The van der Waals surface area contributed by atoms with Crippen molar-refractivity contribution in [2.45, 2.75) is 56.8 Å². The number of aryl methyl sites for hydroxylation is 4. The fourth-order valence-corrected chi connectivity index (χ4v) is 7.27. The van der Waals surface area contributed by atoms with Gasteiger partial charge in [0.1, 0.15) is 0 Å². The zero-order chi connectivity index (χ0) is 17.1. The second kappa shape index (κ2) is 4.01. The first-order valence-electron chi connectivity index (χ1n) is 9.61. The highest BCUT2D eigenvalue weighted by Crippen LogP contribution is 2.80. The normalized spacial score (nSPS) is 35.0. The highest BCUT2D eigenvalue weighted by atomic mass is 14.8. The standard InChI is InChI=1S/C25H24/c1-14-7-9-16(3)21-19(14)18-13-24(21)11-5-6-12-25(24)22-17(4)10-8-15(2)20(22)23(18)25/h5-12,18,23H,13H2,1-4H3/t18?,23-,24?,25+/m0/s1. The number of hydrogen-bond acceptors (Lipinski definition) is 0. The average Bonchev–Trinajstić information content (AvgIpc) is 3.02. The second-order valence-corrected chi connectivity index (χ2v) is 8.82. The number of benzene rings is 2. The molecule has 1 fully saturated rings. The van der Waals surface area contributed by atoms with Crippen LogP contribution in [0.3, 0.4) is 0 Å². The summed E-state index contributed by atoms with van der Waals surface area (Å²) in [6, 6.07) is 9.38. The van der Waals surface area contributed by atoms with E-state index < -0.39 is 0 Å². The number of fused-ring (bicyclic) bond motifs is 6. The quantitative estimate of drug-likeness (QED) is 0.573.